The summed E-state index contributed by atoms with van der Waals surface area (Å²) in [4.78, 5) is 14.0. The maximum atomic E-state index is 13.1. The van der Waals surface area contributed by atoms with Gasteiger partial charge < -0.3 is 0 Å². The maximum Gasteiger partial charge on any atom is 0.274 e. The summed E-state index contributed by atoms with van der Waals surface area (Å²) < 4.78 is 13.1. The Balaban J connectivity index is 2.63. The van der Waals surface area contributed by atoms with Gasteiger partial charge >= 0.3 is 0 Å². The number of nitrogens with zero attached hydrogens (tertiary/aromatic N) is 2. The molecule has 0 aliphatic rings. The molecule has 7 heteroatoms. The van der Waals surface area contributed by atoms with Crippen molar-refractivity contribution in [3.63, 3.8) is 0 Å². The Morgan fingerprint density at radius 2 is 1.94 bits per heavy atom. The van der Waals surface area contributed by atoms with Gasteiger partial charge in [-0.1, -0.05) is 23.2 Å². The topological polar surface area (TPSA) is 56.0 Å². The minimum absolute atomic E-state index is 0.0560. The first kappa shape index (κ1) is 12.7. The number of hydrogen-bond acceptors (Lipinski definition) is 3. The monoisotopic (exact) mass is 286 g/mol. The summed E-state index contributed by atoms with van der Waals surface area (Å²) in [7, 11) is 0. The summed E-state index contributed by atoms with van der Waals surface area (Å²) in [5.41, 5.74) is 0.172. The molecule has 0 amide bonds. The zero-order chi connectivity index (χ0) is 13.3. The number of halogens is 3. The lowest BCUT2D eigenvalue weighted by atomic mass is 10.1. The highest BCUT2D eigenvalue weighted by atomic mass is 35.5. The number of nitro groups is 1. The standard InChI is InChI=1S/C11H5Cl2FN2O2/c12-9-2-1-6(14)3-8(9)10-4-7(16(17)18)5-11(13)15-10/h1-5H. The molecular weight excluding hydrogens is 282 g/mol. The number of hydrogen-bond donors (Lipinski definition) is 0. The Morgan fingerprint density at radius 3 is 2.61 bits per heavy atom. The Labute approximate surface area is 111 Å². The quantitative estimate of drug-likeness (QED) is 0.474. The van der Waals surface area contributed by atoms with Crippen molar-refractivity contribution in [3.8, 4) is 11.3 Å². The molecule has 92 valence electrons. The lowest BCUT2D eigenvalue weighted by molar-refractivity contribution is -0.384. The van der Waals surface area contributed by atoms with Gasteiger partial charge in [-0.3, -0.25) is 10.1 Å². The Kier molecular flexibility index (Phi) is 3.45. The van der Waals surface area contributed by atoms with Gasteiger partial charge in [-0.2, -0.15) is 0 Å². The first-order valence-electron chi connectivity index (χ1n) is 4.75. The second kappa shape index (κ2) is 4.88. The number of pyridine rings is 1. The van der Waals surface area contributed by atoms with Crippen LogP contribution in [0.5, 0.6) is 0 Å². The molecule has 0 spiro atoms. The molecule has 0 aliphatic heterocycles. The van der Waals surface area contributed by atoms with Crippen molar-refractivity contribution in [2.75, 3.05) is 0 Å². The molecule has 0 fully saturated rings. The Bertz CT molecular complexity index is 634. The fourth-order valence-electron chi connectivity index (χ4n) is 1.42. The lowest BCUT2D eigenvalue weighted by Crippen LogP contribution is -1.92. The third-order valence-electron chi connectivity index (χ3n) is 2.19. The molecule has 4 nitrogen and oxygen atoms in total. The highest BCUT2D eigenvalue weighted by Gasteiger charge is 2.14. The average molecular weight is 287 g/mol. The molecule has 0 unspecified atom stereocenters. The van der Waals surface area contributed by atoms with E-state index in [9.17, 15) is 14.5 Å². The van der Waals surface area contributed by atoms with Gasteiger partial charge in [-0.15, -0.1) is 0 Å². The van der Waals surface area contributed by atoms with E-state index in [-0.39, 0.29) is 27.1 Å². The Morgan fingerprint density at radius 1 is 1.22 bits per heavy atom. The second-order valence-electron chi connectivity index (χ2n) is 3.41. The van der Waals surface area contributed by atoms with Crippen LogP contribution in [-0.4, -0.2) is 9.91 Å². The van der Waals surface area contributed by atoms with Gasteiger partial charge in [0.2, 0.25) is 0 Å². The van der Waals surface area contributed by atoms with Crippen LogP contribution in [0.1, 0.15) is 0 Å². The van der Waals surface area contributed by atoms with Crippen molar-refractivity contribution in [1.29, 1.82) is 0 Å². The van der Waals surface area contributed by atoms with E-state index in [1.807, 2.05) is 0 Å². The molecule has 0 aliphatic carbocycles. The predicted molar refractivity (Wildman–Crippen MR) is 66.3 cm³/mol. The zero-order valence-electron chi connectivity index (χ0n) is 8.73. The van der Waals surface area contributed by atoms with E-state index in [4.69, 9.17) is 23.2 Å². The van der Waals surface area contributed by atoms with Crippen molar-refractivity contribution in [2.24, 2.45) is 0 Å². The van der Waals surface area contributed by atoms with Crippen molar-refractivity contribution in [2.45, 2.75) is 0 Å². The molecule has 1 heterocycles. The summed E-state index contributed by atoms with van der Waals surface area (Å²) in [6, 6.07) is 5.97. The summed E-state index contributed by atoms with van der Waals surface area (Å²) in [5.74, 6) is -0.515. The molecular formula is C11H5Cl2FN2O2. The van der Waals surface area contributed by atoms with Crippen LogP contribution in [0.3, 0.4) is 0 Å². The number of aromatic nitrogens is 1. The van der Waals surface area contributed by atoms with Crippen molar-refractivity contribution in [1.82, 2.24) is 4.98 Å². The highest BCUT2D eigenvalue weighted by Crippen LogP contribution is 2.30. The van der Waals surface area contributed by atoms with Crippen molar-refractivity contribution < 1.29 is 9.31 Å². The van der Waals surface area contributed by atoms with Gasteiger partial charge in [0.1, 0.15) is 11.0 Å². The molecule has 0 atom stereocenters. The van der Waals surface area contributed by atoms with Crippen LogP contribution < -0.4 is 0 Å². The minimum Gasteiger partial charge on any atom is -0.258 e. The summed E-state index contributed by atoms with van der Waals surface area (Å²) >= 11 is 11.6. The van der Waals surface area contributed by atoms with Gasteiger partial charge in [-0.25, -0.2) is 9.37 Å². The van der Waals surface area contributed by atoms with Crippen LogP contribution in [0.15, 0.2) is 30.3 Å². The second-order valence-corrected chi connectivity index (χ2v) is 4.21. The van der Waals surface area contributed by atoms with E-state index in [0.29, 0.717) is 0 Å². The molecule has 1 aromatic heterocycles. The molecule has 0 saturated heterocycles. The molecule has 0 radical (unpaired) electrons. The molecule has 0 saturated carbocycles. The molecule has 18 heavy (non-hydrogen) atoms. The van der Waals surface area contributed by atoms with Gasteiger partial charge in [-0.05, 0) is 18.2 Å². The zero-order valence-corrected chi connectivity index (χ0v) is 10.2. The fraction of sp³-hybridized carbons (Fsp3) is 0. The largest absolute Gasteiger partial charge is 0.274 e. The fourth-order valence-corrected chi connectivity index (χ4v) is 1.84. The number of rotatable bonds is 2. The molecule has 2 aromatic rings. The van der Waals surface area contributed by atoms with Gasteiger partial charge in [0.25, 0.3) is 5.69 Å². The average Bonchev–Trinajstić information content (AvgIpc) is 2.31. The smallest absolute Gasteiger partial charge is 0.258 e. The first-order valence-corrected chi connectivity index (χ1v) is 5.50. The van der Waals surface area contributed by atoms with Crippen LogP contribution in [0, 0.1) is 15.9 Å². The molecule has 1 aromatic carbocycles. The predicted octanol–water partition coefficient (Wildman–Crippen LogP) is 4.10. The van der Waals surface area contributed by atoms with Crippen LogP contribution in [0.4, 0.5) is 10.1 Å². The van der Waals surface area contributed by atoms with E-state index in [1.165, 1.54) is 18.2 Å². The van der Waals surface area contributed by atoms with E-state index in [0.717, 1.165) is 12.1 Å². The minimum atomic E-state index is -0.607. The summed E-state index contributed by atoms with van der Waals surface area (Å²) in [6.45, 7) is 0. The van der Waals surface area contributed by atoms with E-state index < -0.39 is 10.7 Å². The first-order chi connectivity index (χ1) is 8.47. The van der Waals surface area contributed by atoms with Crippen LogP contribution in [-0.2, 0) is 0 Å². The van der Waals surface area contributed by atoms with E-state index in [1.54, 1.807) is 0 Å². The van der Waals surface area contributed by atoms with E-state index >= 15 is 0 Å². The number of benzene rings is 1. The Hall–Kier alpha value is -1.72. The summed E-state index contributed by atoms with van der Waals surface area (Å²) in [5, 5.41) is 10.9. The maximum absolute atomic E-state index is 13.1. The van der Waals surface area contributed by atoms with Crippen LogP contribution in [0.2, 0.25) is 10.2 Å². The third-order valence-corrected chi connectivity index (χ3v) is 2.72. The third kappa shape index (κ3) is 2.57. The molecule has 0 N–H and O–H groups in total. The lowest BCUT2D eigenvalue weighted by Gasteiger charge is -2.04. The van der Waals surface area contributed by atoms with E-state index in [2.05, 4.69) is 4.98 Å². The SMILES string of the molecule is O=[N+]([O-])c1cc(Cl)nc(-c2cc(F)ccc2Cl)c1. The van der Waals surface area contributed by atoms with Gasteiger partial charge in [0, 0.05) is 11.6 Å². The molecule has 2 rings (SSSR count). The van der Waals surface area contributed by atoms with Gasteiger partial charge in [0.15, 0.2) is 0 Å². The van der Waals surface area contributed by atoms with Crippen molar-refractivity contribution >= 4 is 28.9 Å². The van der Waals surface area contributed by atoms with Crippen LogP contribution >= 0.6 is 23.2 Å². The molecule has 0 bridgehead atoms. The van der Waals surface area contributed by atoms with Gasteiger partial charge in [0.05, 0.1) is 21.7 Å². The highest BCUT2D eigenvalue weighted by molar-refractivity contribution is 6.33. The summed E-state index contributed by atoms with van der Waals surface area (Å²) in [6.07, 6.45) is 0. The normalized spacial score (nSPS) is 10.4. The van der Waals surface area contributed by atoms with Crippen LogP contribution in [0.25, 0.3) is 11.3 Å². The van der Waals surface area contributed by atoms with Crippen molar-refractivity contribution in [3.05, 3.63) is 56.4 Å².